The molecule has 0 unspecified atom stereocenters. The molecule has 3 rings (SSSR count). The second-order valence-corrected chi connectivity index (χ2v) is 7.55. The lowest BCUT2D eigenvalue weighted by atomic mass is 10.2. The van der Waals surface area contributed by atoms with E-state index in [-0.39, 0.29) is 5.91 Å². The molecule has 0 aromatic carbocycles. The SMILES string of the molecule is Cc1cc(C)n(-c2ccc(C(=O)N3CCS[C@H](C)CC3)cn2)n1. The summed E-state index contributed by atoms with van der Waals surface area (Å²) >= 11 is 1.94. The molecule has 122 valence electrons. The molecule has 2 aromatic rings. The van der Waals surface area contributed by atoms with Crippen LogP contribution in [-0.4, -0.2) is 49.7 Å². The van der Waals surface area contributed by atoms with Crippen molar-refractivity contribution in [3.8, 4) is 5.82 Å². The highest BCUT2D eigenvalue weighted by Crippen LogP contribution is 2.20. The Hall–Kier alpha value is -1.82. The zero-order valence-corrected chi connectivity index (χ0v) is 14.6. The summed E-state index contributed by atoms with van der Waals surface area (Å²) in [4.78, 5) is 19.0. The topological polar surface area (TPSA) is 51.0 Å². The molecule has 5 nitrogen and oxygen atoms in total. The lowest BCUT2D eigenvalue weighted by Crippen LogP contribution is -2.33. The highest BCUT2D eigenvalue weighted by Gasteiger charge is 2.20. The molecular formula is C17H22N4OS. The molecule has 1 atom stereocenters. The minimum Gasteiger partial charge on any atom is -0.338 e. The molecule has 1 amide bonds. The molecule has 0 spiro atoms. The minimum atomic E-state index is 0.0760. The number of aromatic nitrogens is 3. The van der Waals surface area contributed by atoms with Crippen LogP contribution in [0.3, 0.4) is 0 Å². The molecule has 6 heteroatoms. The van der Waals surface area contributed by atoms with Gasteiger partial charge in [0.2, 0.25) is 0 Å². The molecule has 1 aliphatic heterocycles. The molecule has 1 saturated heterocycles. The van der Waals surface area contributed by atoms with Gasteiger partial charge in [0.25, 0.3) is 5.91 Å². The summed E-state index contributed by atoms with van der Waals surface area (Å²) in [6.07, 6.45) is 2.71. The van der Waals surface area contributed by atoms with Gasteiger partial charge in [0.1, 0.15) is 0 Å². The zero-order valence-electron chi connectivity index (χ0n) is 13.8. The van der Waals surface area contributed by atoms with E-state index in [1.807, 2.05) is 48.7 Å². The number of thioether (sulfide) groups is 1. The van der Waals surface area contributed by atoms with Crippen molar-refractivity contribution in [3.63, 3.8) is 0 Å². The molecule has 0 radical (unpaired) electrons. The van der Waals surface area contributed by atoms with E-state index in [0.717, 1.165) is 42.5 Å². The minimum absolute atomic E-state index is 0.0760. The van der Waals surface area contributed by atoms with Crippen LogP contribution in [0, 0.1) is 13.8 Å². The van der Waals surface area contributed by atoms with Crippen molar-refractivity contribution >= 4 is 17.7 Å². The van der Waals surface area contributed by atoms with Crippen molar-refractivity contribution in [2.24, 2.45) is 0 Å². The van der Waals surface area contributed by atoms with Crippen molar-refractivity contribution in [1.29, 1.82) is 0 Å². The number of pyridine rings is 1. The van der Waals surface area contributed by atoms with E-state index in [1.165, 1.54) is 0 Å². The number of amides is 1. The van der Waals surface area contributed by atoms with Crippen molar-refractivity contribution in [2.75, 3.05) is 18.8 Å². The number of hydrogen-bond acceptors (Lipinski definition) is 4. The summed E-state index contributed by atoms with van der Waals surface area (Å²) in [5.41, 5.74) is 2.64. The molecule has 3 heterocycles. The lowest BCUT2D eigenvalue weighted by Gasteiger charge is -2.20. The number of aryl methyl sites for hydroxylation is 2. The van der Waals surface area contributed by atoms with Gasteiger partial charge in [-0.25, -0.2) is 9.67 Å². The Bertz CT molecular complexity index is 695. The first-order valence-electron chi connectivity index (χ1n) is 7.95. The maximum Gasteiger partial charge on any atom is 0.255 e. The van der Waals surface area contributed by atoms with Gasteiger partial charge in [0, 0.05) is 36.0 Å². The Morgan fingerprint density at radius 3 is 2.78 bits per heavy atom. The van der Waals surface area contributed by atoms with Gasteiger partial charge in [-0.3, -0.25) is 4.79 Å². The fourth-order valence-electron chi connectivity index (χ4n) is 2.78. The van der Waals surface area contributed by atoms with E-state index in [9.17, 15) is 4.79 Å². The third-order valence-electron chi connectivity index (χ3n) is 4.08. The first-order chi connectivity index (χ1) is 11.0. The van der Waals surface area contributed by atoms with E-state index in [2.05, 4.69) is 17.0 Å². The standard InChI is InChI=1S/C17H22N4OS/c1-12-10-13(2)21(19-12)16-5-4-15(11-18-16)17(22)20-7-6-14(3)23-9-8-20/h4-5,10-11,14H,6-9H2,1-3H3/t14-/m1/s1. The number of carbonyl (C=O) groups is 1. The maximum absolute atomic E-state index is 12.6. The Balaban J connectivity index is 1.76. The zero-order chi connectivity index (χ0) is 16.4. The van der Waals surface area contributed by atoms with E-state index in [0.29, 0.717) is 10.8 Å². The molecule has 0 N–H and O–H groups in total. The van der Waals surface area contributed by atoms with Crippen LogP contribution in [-0.2, 0) is 0 Å². The van der Waals surface area contributed by atoms with Gasteiger partial charge in [0.05, 0.1) is 11.3 Å². The number of nitrogens with zero attached hydrogens (tertiary/aromatic N) is 4. The molecule has 2 aromatic heterocycles. The second-order valence-electron chi connectivity index (χ2n) is 6.01. The van der Waals surface area contributed by atoms with Gasteiger partial charge in [-0.05, 0) is 38.5 Å². The van der Waals surface area contributed by atoms with Crippen LogP contribution in [0.4, 0.5) is 0 Å². The fourth-order valence-corrected chi connectivity index (χ4v) is 3.78. The summed E-state index contributed by atoms with van der Waals surface area (Å²) in [6.45, 7) is 7.82. The monoisotopic (exact) mass is 330 g/mol. The van der Waals surface area contributed by atoms with Crippen LogP contribution in [0.5, 0.6) is 0 Å². The van der Waals surface area contributed by atoms with E-state index in [4.69, 9.17) is 0 Å². The molecule has 1 aliphatic rings. The summed E-state index contributed by atoms with van der Waals surface area (Å²) in [6, 6.07) is 5.72. The quantitative estimate of drug-likeness (QED) is 0.849. The summed E-state index contributed by atoms with van der Waals surface area (Å²) in [7, 11) is 0. The van der Waals surface area contributed by atoms with Crippen LogP contribution in [0.1, 0.15) is 35.1 Å². The van der Waals surface area contributed by atoms with Crippen LogP contribution >= 0.6 is 11.8 Å². The largest absolute Gasteiger partial charge is 0.338 e. The van der Waals surface area contributed by atoms with Crippen molar-refractivity contribution in [2.45, 2.75) is 32.4 Å². The van der Waals surface area contributed by atoms with Crippen LogP contribution < -0.4 is 0 Å². The van der Waals surface area contributed by atoms with Gasteiger partial charge in [0.15, 0.2) is 5.82 Å². The van der Waals surface area contributed by atoms with Gasteiger partial charge in [-0.2, -0.15) is 16.9 Å². The Labute approximate surface area is 141 Å². The molecule has 0 bridgehead atoms. The van der Waals surface area contributed by atoms with E-state index >= 15 is 0 Å². The molecule has 0 aliphatic carbocycles. The molecule has 1 fully saturated rings. The number of rotatable bonds is 2. The van der Waals surface area contributed by atoms with Gasteiger partial charge < -0.3 is 4.90 Å². The van der Waals surface area contributed by atoms with Crippen molar-refractivity contribution < 1.29 is 4.79 Å². The van der Waals surface area contributed by atoms with Crippen molar-refractivity contribution in [3.05, 3.63) is 41.3 Å². The predicted molar refractivity (Wildman–Crippen MR) is 93.3 cm³/mol. The first kappa shape index (κ1) is 16.1. The van der Waals surface area contributed by atoms with Gasteiger partial charge >= 0.3 is 0 Å². The highest BCUT2D eigenvalue weighted by molar-refractivity contribution is 7.99. The fraction of sp³-hybridized carbons (Fsp3) is 0.471. The summed E-state index contributed by atoms with van der Waals surface area (Å²) in [5, 5.41) is 5.05. The van der Waals surface area contributed by atoms with Crippen LogP contribution in [0.2, 0.25) is 0 Å². The average Bonchev–Trinajstić information content (AvgIpc) is 2.74. The second kappa shape index (κ2) is 6.74. The maximum atomic E-state index is 12.6. The lowest BCUT2D eigenvalue weighted by molar-refractivity contribution is 0.0766. The first-order valence-corrected chi connectivity index (χ1v) is 9.00. The molecular weight excluding hydrogens is 308 g/mol. The Morgan fingerprint density at radius 1 is 1.30 bits per heavy atom. The van der Waals surface area contributed by atoms with Crippen LogP contribution in [0.25, 0.3) is 5.82 Å². The van der Waals surface area contributed by atoms with E-state index in [1.54, 1.807) is 10.9 Å². The normalized spacial score (nSPS) is 18.7. The van der Waals surface area contributed by atoms with Crippen LogP contribution in [0.15, 0.2) is 24.4 Å². The Morgan fingerprint density at radius 2 is 2.13 bits per heavy atom. The van der Waals surface area contributed by atoms with Crippen molar-refractivity contribution in [1.82, 2.24) is 19.7 Å². The van der Waals surface area contributed by atoms with Gasteiger partial charge in [-0.15, -0.1) is 0 Å². The average molecular weight is 330 g/mol. The third-order valence-corrected chi connectivity index (χ3v) is 5.30. The summed E-state index contributed by atoms with van der Waals surface area (Å²) in [5.74, 6) is 1.82. The molecule has 23 heavy (non-hydrogen) atoms. The van der Waals surface area contributed by atoms with E-state index < -0.39 is 0 Å². The number of hydrogen-bond donors (Lipinski definition) is 0. The third kappa shape index (κ3) is 3.58. The smallest absolute Gasteiger partial charge is 0.255 e. The highest BCUT2D eigenvalue weighted by atomic mass is 32.2. The molecule has 0 saturated carbocycles. The predicted octanol–water partition coefficient (Wildman–Crippen LogP) is 2.85. The Kier molecular flexibility index (Phi) is 4.71. The van der Waals surface area contributed by atoms with Gasteiger partial charge in [-0.1, -0.05) is 6.92 Å². The summed E-state index contributed by atoms with van der Waals surface area (Å²) < 4.78 is 1.80. The number of carbonyl (C=O) groups excluding carboxylic acids is 1.